The van der Waals surface area contributed by atoms with Gasteiger partial charge in [0.2, 0.25) is 0 Å². The van der Waals surface area contributed by atoms with Crippen molar-refractivity contribution in [2.75, 3.05) is 23.3 Å². The number of hydrogen-bond acceptors (Lipinski definition) is 3. The molecule has 0 aliphatic carbocycles. The number of carbonyl (C=O) groups excluding carboxylic acids is 1. The maximum atomic E-state index is 12.5. The average molecular weight is 321 g/mol. The minimum Gasteiger partial charge on any atom is -0.444 e. The summed E-state index contributed by atoms with van der Waals surface area (Å²) < 4.78 is 5.93. The van der Waals surface area contributed by atoms with Gasteiger partial charge in [0, 0.05) is 13.1 Å². The maximum Gasteiger partial charge on any atom is 0.294 e. The molecule has 2 aromatic rings. The molecule has 19 heavy (non-hydrogen) atoms. The second-order valence-corrected chi connectivity index (χ2v) is 5.14. The third-order valence-corrected chi connectivity index (χ3v) is 3.52. The Balaban J connectivity index is 1.98. The van der Waals surface area contributed by atoms with Crippen LogP contribution >= 0.6 is 15.9 Å². The second-order valence-electron chi connectivity index (χ2n) is 4.36. The molecule has 3 rings (SSSR count). The van der Waals surface area contributed by atoms with E-state index in [-0.39, 0.29) is 5.91 Å². The van der Waals surface area contributed by atoms with Crippen molar-refractivity contribution in [1.82, 2.24) is 0 Å². The highest BCUT2D eigenvalue weighted by Gasteiger charge is 2.24. The van der Waals surface area contributed by atoms with Crippen LogP contribution in [0.25, 0.3) is 0 Å². The molecule has 0 bridgehead atoms. The summed E-state index contributed by atoms with van der Waals surface area (Å²) in [4.78, 5) is 14.3. The molecule has 0 saturated carbocycles. The lowest BCUT2D eigenvalue weighted by atomic mass is 10.2. The molecule has 0 fully saturated rings. The maximum absolute atomic E-state index is 12.5. The van der Waals surface area contributed by atoms with Crippen LogP contribution < -0.4 is 10.2 Å². The third kappa shape index (κ3) is 2.38. The first-order chi connectivity index (χ1) is 9.25. The zero-order chi connectivity index (χ0) is 13.2. The molecule has 1 N–H and O–H groups in total. The zero-order valence-corrected chi connectivity index (χ0v) is 11.8. The summed E-state index contributed by atoms with van der Waals surface area (Å²) in [7, 11) is 0. The minimum atomic E-state index is -0.109. The molecule has 1 aliphatic rings. The van der Waals surface area contributed by atoms with Crippen LogP contribution in [0, 0.1) is 0 Å². The number of furan rings is 1. The summed E-state index contributed by atoms with van der Waals surface area (Å²) in [5.41, 5.74) is 1.89. The van der Waals surface area contributed by atoms with E-state index in [9.17, 15) is 4.79 Å². The molecule has 0 unspecified atom stereocenters. The molecule has 2 heterocycles. The minimum absolute atomic E-state index is 0.109. The molecule has 0 atom stereocenters. The number of rotatable bonds is 1. The van der Waals surface area contributed by atoms with Crippen molar-refractivity contribution >= 4 is 33.2 Å². The van der Waals surface area contributed by atoms with Crippen LogP contribution in [0.3, 0.4) is 0 Å². The summed E-state index contributed by atoms with van der Waals surface area (Å²) in [5.74, 6) is 0.241. The molecule has 98 valence electrons. The van der Waals surface area contributed by atoms with E-state index in [0.29, 0.717) is 17.0 Å². The SMILES string of the molecule is O=C(c1ccc(Br)o1)N1CCCNc2ccccc21. The van der Waals surface area contributed by atoms with E-state index >= 15 is 0 Å². The normalized spacial score (nSPS) is 14.5. The molecule has 1 amide bonds. The van der Waals surface area contributed by atoms with Gasteiger partial charge in [0.15, 0.2) is 10.4 Å². The Hall–Kier alpha value is -1.75. The molecule has 0 saturated heterocycles. The number of nitrogens with one attached hydrogen (secondary N) is 1. The molecule has 1 aliphatic heterocycles. The van der Waals surface area contributed by atoms with Gasteiger partial charge in [-0.2, -0.15) is 0 Å². The Labute approximate surface area is 119 Å². The zero-order valence-electron chi connectivity index (χ0n) is 10.2. The van der Waals surface area contributed by atoms with Crippen molar-refractivity contribution in [2.45, 2.75) is 6.42 Å². The molecule has 1 aromatic carbocycles. The fourth-order valence-corrected chi connectivity index (χ4v) is 2.52. The molecular weight excluding hydrogens is 308 g/mol. The molecular formula is C14H13BrN2O2. The van der Waals surface area contributed by atoms with Crippen molar-refractivity contribution in [3.8, 4) is 0 Å². The number of nitrogens with zero attached hydrogens (tertiary/aromatic N) is 1. The second kappa shape index (κ2) is 5.09. The topological polar surface area (TPSA) is 45.5 Å². The van der Waals surface area contributed by atoms with Gasteiger partial charge >= 0.3 is 0 Å². The van der Waals surface area contributed by atoms with Gasteiger partial charge in [0.25, 0.3) is 5.91 Å². The molecule has 4 nitrogen and oxygen atoms in total. The predicted molar refractivity (Wildman–Crippen MR) is 77.6 cm³/mol. The number of halogens is 1. The van der Waals surface area contributed by atoms with Gasteiger partial charge in [-0.15, -0.1) is 0 Å². The highest BCUT2D eigenvalue weighted by Crippen LogP contribution is 2.29. The Morgan fingerprint density at radius 2 is 2.11 bits per heavy atom. The van der Waals surface area contributed by atoms with Crippen LogP contribution in [-0.2, 0) is 0 Å². The van der Waals surface area contributed by atoms with E-state index < -0.39 is 0 Å². The van der Waals surface area contributed by atoms with Crippen LogP contribution in [0.5, 0.6) is 0 Å². The number of para-hydroxylation sites is 2. The first-order valence-corrected chi connectivity index (χ1v) is 6.95. The van der Waals surface area contributed by atoms with E-state index in [1.807, 2.05) is 24.3 Å². The monoisotopic (exact) mass is 320 g/mol. The van der Waals surface area contributed by atoms with Gasteiger partial charge in [-0.05, 0) is 46.6 Å². The number of carbonyl (C=O) groups is 1. The Bertz CT molecular complexity index is 609. The average Bonchev–Trinajstić information content (AvgIpc) is 2.74. The van der Waals surface area contributed by atoms with Gasteiger partial charge in [-0.25, -0.2) is 0 Å². The van der Waals surface area contributed by atoms with E-state index in [1.54, 1.807) is 17.0 Å². The summed E-state index contributed by atoms with van der Waals surface area (Å²) in [5, 5.41) is 3.33. The Kier molecular flexibility index (Phi) is 3.29. The fraction of sp³-hybridized carbons (Fsp3) is 0.214. The smallest absolute Gasteiger partial charge is 0.294 e. The fourth-order valence-electron chi connectivity index (χ4n) is 2.21. The van der Waals surface area contributed by atoms with Crippen molar-refractivity contribution in [1.29, 1.82) is 0 Å². The summed E-state index contributed by atoms with van der Waals surface area (Å²) >= 11 is 3.22. The number of amides is 1. The quantitative estimate of drug-likeness (QED) is 0.874. The Morgan fingerprint density at radius 3 is 2.89 bits per heavy atom. The van der Waals surface area contributed by atoms with E-state index in [0.717, 1.165) is 24.3 Å². The van der Waals surface area contributed by atoms with Gasteiger partial charge in [-0.3, -0.25) is 4.79 Å². The molecule has 0 spiro atoms. The lowest BCUT2D eigenvalue weighted by Gasteiger charge is -2.21. The largest absolute Gasteiger partial charge is 0.444 e. The van der Waals surface area contributed by atoms with Crippen LogP contribution in [-0.4, -0.2) is 19.0 Å². The number of anilines is 2. The van der Waals surface area contributed by atoms with Gasteiger partial charge in [0.1, 0.15) is 0 Å². The molecule has 1 aromatic heterocycles. The van der Waals surface area contributed by atoms with E-state index in [4.69, 9.17) is 4.42 Å². The summed E-state index contributed by atoms with van der Waals surface area (Å²) in [6.07, 6.45) is 0.905. The highest BCUT2D eigenvalue weighted by molar-refractivity contribution is 9.10. The van der Waals surface area contributed by atoms with Gasteiger partial charge < -0.3 is 14.6 Å². The Morgan fingerprint density at radius 1 is 1.26 bits per heavy atom. The number of benzene rings is 1. The number of hydrogen-bond donors (Lipinski definition) is 1. The van der Waals surface area contributed by atoms with Crippen molar-refractivity contribution in [2.24, 2.45) is 0 Å². The molecule has 5 heteroatoms. The van der Waals surface area contributed by atoms with Crippen molar-refractivity contribution in [3.05, 3.63) is 46.8 Å². The van der Waals surface area contributed by atoms with Crippen LogP contribution in [0.1, 0.15) is 17.0 Å². The van der Waals surface area contributed by atoms with E-state index in [1.165, 1.54) is 0 Å². The first-order valence-electron chi connectivity index (χ1n) is 6.16. The highest BCUT2D eigenvalue weighted by atomic mass is 79.9. The van der Waals surface area contributed by atoms with Gasteiger partial charge in [-0.1, -0.05) is 12.1 Å². The lowest BCUT2D eigenvalue weighted by molar-refractivity contribution is 0.0959. The summed E-state index contributed by atoms with van der Waals surface area (Å²) in [6.45, 7) is 1.55. The standard InChI is InChI=1S/C14H13BrN2O2/c15-13-7-6-12(19-13)14(18)17-9-3-8-16-10-4-1-2-5-11(10)17/h1-2,4-7,16H,3,8-9H2. The summed E-state index contributed by atoms with van der Waals surface area (Å²) in [6, 6.07) is 11.2. The number of fused-ring (bicyclic) bond motifs is 1. The van der Waals surface area contributed by atoms with Crippen LogP contribution in [0.2, 0.25) is 0 Å². The molecule has 0 radical (unpaired) electrons. The van der Waals surface area contributed by atoms with Crippen molar-refractivity contribution < 1.29 is 9.21 Å². The van der Waals surface area contributed by atoms with Crippen molar-refractivity contribution in [3.63, 3.8) is 0 Å². The lowest BCUT2D eigenvalue weighted by Crippen LogP contribution is -2.31. The van der Waals surface area contributed by atoms with Crippen LogP contribution in [0.15, 0.2) is 45.5 Å². The van der Waals surface area contributed by atoms with Gasteiger partial charge in [0.05, 0.1) is 11.4 Å². The van der Waals surface area contributed by atoms with E-state index in [2.05, 4.69) is 21.2 Å². The third-order valence-electron chi connectivity index (χ3n) is 3.10. The first kappa shape index (κ1) is 12.3. The predicted octanol–water partition coefficient (Wildman–Crippen LogP) is 3.50. The van der Waals surface area contributed by atoms with Crippen LogP contribution in [0.4, 0.5) is 11.4 Å².